The van der Waals surface area contributed by atoms with Gasteiger partial charge in [0.25, 0.3) is 0 Å². The Morgan fingerprint density at radius 2 is 2.50 bits per heavy atom. The minimum Gasteiger partial charge on any atom is -0.380 e. The molecule has 1 aromatic heterocycles. The third-order valence-electron chi connectivity index (χ3n) is 2.78. The van der Waals surface area contributed by atoms with E-state index in [1.807, 2.05) is 0 Å². The van der Waals surface area contributed by atoms with E-state index in [1.165, 1.54) is 6.20 Å². The molecule has 1 fully saturated rings. The molecule has 1 atom stereocenters. The Labute approximate surface area is 99.6 Å². The predicted molar refractivity (Wildman–Crippen MR) is 64.2 cm³/mol. The fourth-order valence-electron chi connectivity index (χ4n) is 1.93. The lowest BCUT2D eigenvalue weighted by Gasteiger charge is -2.15. The highest BCUT2D eigenvalue weighted by Gasteiger charge is 2.20. The number of nitrogens with zero attached hydrogens (tertiary/aromatic N) is 2. The third kappa shape index (κ3) is 2.51. The Kier molecular flexibility index (Phi) is 3.41. The van der Waals surface area contributed by atoms with Crippen LogP contribution < -0.4 is 5.32 Å². The summed E-state index contributed by atoms with van der Waals surface area (Å²) < 4.78 is 0. The summed E-state index contributed by atoms with van der Waals surface area (Å²) >= 11 is 5.81. The molecule has 4 nitrogen and oxygen atoms in total. The maximum absolute atomic E-state index is 10.8. The van der Waals surface area contributed by atoms with Crippen molar-refractivity contribution in [2.24, 2.45) is 0 Å². The highest BCUT2D eigenvalue weighted by Crippen LogP contribution is 2.20. The average Bonchev–Trinajstić information content (AvgIpc) is 2.64. The number of likely N-dealkylation sites (N-methyl/N-ethyl adjacent to an activating group) is 1. The van der Waals surface area contributed by atoms with E-state index in [4.69, 9.17) is 11.6 Å². The lowest BCUT2D eigenvalue weighted by atomic mass is 10.2. The van der Waals surface area contributed by atoms with Crippen molar-refractivity contribution in [1.29, 1.82) is 0 Å². The Morgan fingerprint density at radius 1 is 1.69 bits per heavy atom. The largest absolute Gasteiger partial charge is 0.380 e. The Hall–Kier alpha value is -1.13. The van der Waals surface area contributed by atoms with Gasteiger partial charge in [-0.25, -0.2) is 4.98 Å². The second kappa shape index (κ2) is 4.80. The van der Waals surface area contributed by atoms with Crippen molar-refractivity contribution in [3.05, 3.63) is 23.0 Å². The summed E-state index contributed by atoms with van der Waals surface area (Å²) in [5.74, 6) is 0. The maximum atomic E-state index is 10.8. The van der Waals surface area contributed by atoms with E-state index in [1.54, 1.807) is 6.07 Å². The topological polar surface area (TPSA) is 45.2 Å². The number of aromatic nitrogens is 1. The fraction of sp³-hybridized carbons (Fsp3) is 0.455. The first-order valence-electron chi connectivity index (χ1n) is 5.25. The predicted octanol–water partition coefficient (Wildman–Crippen LogP) is 1.66. The van der Waals surface area contributed by atoms with Crippen LogP contribution in [-0.2, 0) is 0 Å². The van der Waals surface area contributed by atoms with E-state index < -0.39 is 0 Å². The zero-order chi connectivity index (χ0) is 11.5. The molecule has 16 heavy (non-hydrogen) atoms. The van der Waals surface area contributed by atoms with Gasteiger partial charge in [-0.1, -0.05) is 11.6 Å². The normalized spacial score (nSPS) is 21.0. The van der Waals surface area contributed by atoms with Crippen LogP contribution in [0.2, 0.25) is 5.15 Å². The van der Waals surface area contributed by atoms with Gasteiger partial charge in [0.15, 0.2) is 6.29 Å². The van der Waals surface area contributed by atoms with Crippen molar-refractivity contribution >= 4 is 23.6 Å². The van der Waals surface area contributed by atoms with E-state index in [0.717, 1.165) is 31.5 Å². The van der Waals surface area contributed by atoms with E-state index in [9.17, 15) is 4.79 Å². The summed E-state index contributed by atoms with van der Waals surface area (Å²) in [6, 6.07) is 2.08. The van der Waals surface area contributed by atoms with Gasteiger partial charge in [-0.15, -0.1) is 0 Å². The molecule has 1 unspecified atom stereocenters. The minimum absolute atomic E-state index is 0.377. The molecular formula is C11H14ClN3O. The van der Waals surface area contributed by atoms with Crippen molar-refractivity contribution in [3.8, 4) is 0 Å². The molecule has 0 amide bonds. The van der Waals surface area contributed by atoms with E-state index in [0.29, 0.717) is 16.8 Å². The van der Waals surface area contributed by atoms with Crippen LogP contribution in [0.1, 0.15) is 16.8 Å². The minimum atomic E-state index is 0.377. The van der Waals surface area contributed by atoms with Crippen molar-refractivity contribution in [2.75, 3.05) is 25.5 Å². The summed E-state index contributed by atoms with van der Waals surface area (Å²) in [5, 5.41) is 3.74. The molecule has 0 aromatic carbocycles. The Morgan fingerprint density at radius 3 is 3.12 bits per heavy atom. The molecule has 0 bridgehead atoms. The van der Waals surface area contributed by atoms with Crippen LogP contribution in [0.15, 0.2) is 12.3 Å². The molecule has 0 aliphatic carbocycles. The number of nitrogens with one attached hydrogen (secondary N) is 1. The number of halogens is 1. The summed E-state index contributed by atoms with van der Waals surface area (Å²) in [6.07, 6.45) is 3.37. The average molecular weight is 240 g/mol. The van der Waals surface area contributed by atoms with Crippen LogP contribution in [0, 0.1) is 0 Å². The van der Waals surface area contributed by atoms with Gasteiger partial charge in [0, 0.05) is 24.5 Å². The van der Waals surface area contributed by atoms with E-state index in [2.05, 4.69) is 22.2 Å². The standard InChI is InChI=1S/C11H14ClN3O/c1-15-3-2-9(6-15)14-10-4-11(12)13-5-8(10)7-16/h4-5,7,9H,2-3,6H2,1H3,(H,13,14). The first kappa shape index (κ1) is 11.4. The van der Waals surface area contributed by atoms with Gasteiger partial charge in [-0.2, -0.15) is 0 Å². The molecule has 0 radical (unpaired) electrons. The molecule has 2 rings (SSSR count). The van der Waals surface area contributed by atoms with Crippen LogP contribution in [0.4, 0.5) is 5.69 Å². The Balaban J connectivity index is 2.13. The number of carbonyl (C=O) groups excluding carboxylic acids is 1. The number of hydrogen-bond acceptors (Lipinski definition) is 4. The number of likely N-dealkylation sites (tertiary alicyclic amines) is 1. The molecule has 1 aliphatic rings. The molecule has 0 saturated carbocycles. The van der Waals surface area contributed by atoms with Gasteiger partial charge in [-0.05, 0) is 26.1 Å². The summed E-state index contributed by atoms with van der Waals surface area (Å²) in [4.78, 5) is 17.0. The summed E-state index contributed by atoms with van der Waals surface area (Å²) in [6.45, 7) is 2.06. The first-order chi connectivity index (χ1) is 7.69. The first-order valence-corrected chi connectivity index (χ1v) is 5.62. The number of rotatable bonds is 3. The lowest BCUT2D eigenvalue weighted by Crippen LogP contribution is -2.24. The number of anilines is 1. The van der Waals surface area contributed by atoms with E-state index in [-0.39, 0.29) is 0 Å². The number of carbonyl (C=O) groups is 1. The smallest absolute Gasteiger partial charge is 0.153 e. The molecule has 86 valence electrons. The highest BCUT2D eigenvalue weighted by atomic mass is 35.5. The second-order valence-corrected chi connectivity index (χ2v) is 4.49. The molecule has 5 heteroatoms. The van der Waals surface area contributed by atoms with Gasteiger partial charge in [0.05, 0.1) is 5.56 Å². The molecule has 1 aliphatic heterocycles. The summed E-state index contributed by atoms with van der Waals surface area (Å²) in [7, 11) is 2.09. The highest BCUT2D eigenvalue weighted by molar-refractivity contribution is 6.29. The Bertz CT molecular complexity index is 397. The number of aldehydes is 1. The lowest BCUT2D eigenvalue weighted by molar-refractivity contribution is 0.112. The van der Waals surface area contributed by atoms with Crippen LogP contribution in [-0.4, -0.2) is 42.3 Å². The second-order valence-electron chi connectivity index (χ2n) is 4.10. The van der Waals surface area contributed by atoms with Gasteiger partial charge in [0.1, 0.15) is 5.15 Å². The van der Waals surface area contributed by atoms with Crippen molar-refractivity contribution in [2.45, 2.75) is 12.5 Å². The summed E-state index contributed by atoms with van der Waals surface area (Å²) in [5.41, 5.74) is 1.33. The van der Waals surface area contributed by atoms with Crippen LogP contribution >= 0.6 is 11.6 Å². The molecule has 2 heterocycles. The molecule has 1 N–H and O–H groups in total. The van der Waals surface area contributed by atoms with E-state index >= 15 is 0 Å². The maximum Gasteiger partial charge on any atom is 0.153 e. The fourth-order valence-corrected chi connectivity index (χ4v) is 2.09. The van der Waals surface area contributed by atoms with Gasteiger partial charge >= 0.3 is 0 Å². The third-order valence-corrected chi connectivity index (χ3v) is 2.99. The zero-order valence-electron chi connectivity index (χ0n) is 9.11. The van der Waals surface area contributed by atoms with Crippen molar-refractivity contribution in [1.82, 2.24) is 9.88 Å². The monoisotopic (exact) mass is 239 g/mol. The number of pyridine rings is 1. The van der Waals surface area contributed by atoms with Crippen LogP contribution in [0.5, 0.6) is 0 Å². The van der Waals surface area contributed by atoms with Crippen LogP contribution in [0.25, 0.3) is 0 Å². The van der Waals surface area contributed by atoms with Gasteiger partial charge in [-0.3, -0.25) is 4.79 Å². The van der Waals surface area contributed by atoms with Crippen molar-refractivity contribution < 1.29 is 4.79 Å². The molecule has 0 spiro atoms. The van der Waals surface area contributed by atoms with Gasteiger partial charge < -0.3 is 10.2 Å². The number of hydrogen-bond donors (Lipinski definition) is 1. The van der Waals surface area contributed by atoms with Gasteiger partial charge in [0.2, 0.25) is 0 Å². The molecule has 1 aromatic rings. The molecule has 1 saturated heterocycles. The SMILES string of the molecule is CN1CCC(Nc2cc(Cl)ncc2C=O)C1. The quantitative estimate of drug-likeness (QED) is 0.644. The molecular weight excluding hydrogens is 226 g/mol. The van der Waals surface area contributed by atoms with Crippen LogP contribution in [0.3, 0.4) is 0 Å². The zero-order valence-corrected chi connectivity index (χ0v) is 9.87. The van der Waals surface area contributed by atoms with Crippen molar-refractivity contribution in [3.63, 3.8) is 0 Å².